The van der Waals surface area contributed by atoms with E-state index in [2.05, 4.69) is 30.1 Å². The van der Waals surface area contributed by atoms with Crippen LogP contribution in [0.15, 0.2) is 16.7 Å². The zero-order chi connectivity index (χ0) is 12.1. The molecule has 0 radical (unpaired) electrons. The Labute approximate surface area is 104 Å². The lowest BCUT2D eigenvalue weighted by molar-refractivity contribution is 0.233. The molecule has 0 saturated heterocycles. The molecule has 0 unspecified atom stereocenters. The van der Waals surface area contributed by atoms with Crippen LogP contribution < -0.4 is 5.32 Å². The minimum Gasteiger partial charge on any atom is -0.468 e. The number of hydrogen-bond acceptors (Lipinski definition) is 3. The highest BCUT2D eigenvalue weighted by atomic mass is 16.3. The monoisotopic (exact) mass is 236 g/mol. The van der Waals surface area contributed by atoms with Gasteiger partial charge in [-0.2, -0.15) is 0 Å². The van der Waals surface area contributed by atoms with Crippen LogP contribution in [0.5, 0.6) is 0 Å². The van der Waals surface area contributed by atoms with Crippen LogP contribution >= 0.6 is 0 Å². The van der Waals surface area contributed by atoms with Crippen LogP contribution in [0.2, 0.25) is 0 Å². The molecule has 3 heteroatoms. The molecule has 1 aliphatic carbocycles. The first kappa shape index (κ1) is 12.7. The molecule has 0 aromatic carbocycles. The SMILES string of the molecule is CCCN(Cc1occc1CNCC)C1CC1. The number of nitrogens with one attached hydrogen (secondary N) is 1. The van der Waals surface area contributed by atoms with Gasteiger partial charge in [-0.25, -0.2) is 0 Å². The fourth-order valence-electron chi connectivity index (χ4n) is 2.22. The minimum absolute atomic E-state index is 0.812. The Balaban J connectivity index is 1.93. The molecule has 3 nitrogen and oxygen atoms in total. The molecule has 1 heterocycles. The third-order valence-corrected chi connectivity index (χ3v) is 3.32. The molecule has 0 bridgehead atoms. The molecule has 0 atom stereocenters. The summed E-state index contributed by atoms with van der Waals surface area (Å²) in [6.07, 6.45) is 5.77. The van der Waals surface area contributed by atoms with Gasteiger partial charge in [-0.05, 0) is 38.4 Å². The Morgan fingerprint density at radius 2 is 2.24 bits per heavy atom. The van der Waals surface area contributed by atoms with Crippen LogP contribution in [0.1, 0.15) is 44.4 Å². The van der Waals surface area contributed by atoms with Gasteiger partial charge in [0.25, 0.3) is 0 Å². The van der Waals surface area contributed by atoms with Crippen molar-refractivity contribution in [2.24, 2.45) is 0 Å². The van der Waals surface area contributed by atoms with E-state index >= 15 is 0 Å². The van der Waals surface area contributed by atoms with Gasteiger partial charge in [-0.3, -0.25) is 4.90 Å². The second-order valence-electron chi connectivity index (χ2n) is 4.85. The van der Waals surface area contributed by atoms with Gasteiger partial charge in [-0.1, -0.05) is 13.8 Å². The van der Waals surface area contributed by atoms with Crippen LogP contribution in [0.4, 0.5) is 0 Å². The van der Waals surface area contributed by atoms with E-state index in [1.807, 2.05) is 6.26 Å². The largest absolute Gasteiger partial charge is 0.468 e. The van der Waals surface area contributed by atoms with Crippen molar-refractivity contribution in [3.8, 4) is 0 Å². The summed E-state index contributed by atoms with van der Waals surface area (Å²) < 4.78 is 5.63. The molecule has 0 amide bonds. The van der Waals surface area contributed by atoms with Crippen LogP contribution in [-0.2, 0) is 13.1 Å². The highest BCUT2D eigenvalue weighted by molar-refractivity contribution is 5.17. The highest BCUT2D eigenvalue weighted by Gasteiger charge is 2.29. The van der Waals surface area contributed by atoms with Crippen molar-refractivity contribution in [2.45, 2.75) is 52.2 Å². The van der Waals surface area contributed by atoms with E-state index < -0.39 is 0 Å². The van der Waals surface area contributed by atoms with Crippen molar-refractivity contribution in [2.75, 3.05) is 13.1 Å². The van der Waals surface area contributed by atoms with Crippen molar-refractivity contribution in [1.82, 2.24) is 10.2 Å². The zero-order valence-corrected chi connectivity index (χ0v) is 11.0. The van der Waals surface area contributed by atoms with Gasteiger partial charge in [0.05, 0.1) is 12.8 Å². The van der Waals surface area contributed by atoms with E-state index in [1.54, 1.807) is 0 Å². The van der Waals surface area contributed by atoms with Crippen LogP contribution in [-0.4, -0.2) is 24.0 Å². The molecule has 96 valence electrons. The summed E-state index contributed by atoms with van der Waals surface area (Å²) in [6, 6.07) is 2.90. The smallest absolute Gasteiger partial charge is 0.122 e. The van der Waals surface area contributed by atoms with Gasteiger partial charge < -0.3 is 9.73 Å². The maximum atomic E-state index is 5.63. The maximum Gasteiger partial charge on any atom is 0.122 e. The second-order valence-corrected chi connectivity index (χ2v) is 4.85. The van der Waals surface area contributed by atoms with Crippen molar-refractivity contribution in [3.05, 3.63) is 23.7 Å². The van der Waals surface area contributed by atoms with Gasteiger partial charge >= 0.3 is 0 Å². The zero-order valence-electron chi connectivity index (χ0n) is 11.0. The average molecular weight is 236 g/mol. The average Bonchev–Trinajstić information content (AvgIpc) is 3.08. The number of rotatable bonds is 8. The van der Waals surface area contributed by atoms with Crippen molar-refractivity contribution < 1.29 is 4.42 Å². The second kappa shape index (κ2) is 6.22. The molecule has 17 heavy (non-hydrogen) atoms. The standard InChI is InChI=1S/C14H24N2O/c1-3-8-16(13-5-6-13)11-14-12(7-9-17-14)10-15-4-2/h7,9,13,15H,3-6,8,10-11H2,1-2H3. The van der Waals surface area contributed by atoms with E-state index in [4.69, 9.17) is 4.42 Å². The molecule has 1 N–H and O–H groups in total. The lowest BCUT2D eigenvalue weighted by atomic mass is 10.2. The predicted molar refractivity (Wildman–Crippen MR) is 69.8 cm³/mol. The van der Waals surface area contributed by atoms with Gasteiger partial charge in [0.1, 0.15) is 5.76 Å². The molecule has 1 aromatic rings. The summed E-state index contributed by atoms with van der Waals surface area (Å²) in [5.74, 6) is 1.14. The molecule has 2 rings (SSSR count). The number of hydrogen-bond donors (Lipinski definition) is 1. The Kier molecular flexibility index (Phi) is 4.63. The molecule has 0 spiro atoms. The minimum atomic E-state index is 0.812. The summed E-state index contributed by atoms with van der Waals surface area (Å²) in [5.41, 5.74) is 1.31. The van der Waals surface area contributed by atoms with E-state index in [0.717, 1.165) is 31.4 Å². The van der Waals surface area contributed by atoms with Gasteiger partial charge in [0.2, 0.25) is 0 Å². The van der Waals surface area contributed by atoms with Crippen LogP contribution in [0.25, 0.3) is 0 Å². The molecular weight excluding hydrogens is 212 g/mol. The van der Waals surface area contributed by atoms with Crippen LogP contribution in [0.3, 0.4) is 0 Å². The van der Waals surface area contributed by atoms with Crippen molar-refractivity contribution in [3.63, 3.8) is 0 Å². The van der Waals surface area contributed by atoms with E-state index in [0.29, 0.717) is 0 Å². The van der Waals surface area contributed by atoms with Crippen molar-refractivity contribution in [1.29, 1.82) is 0 Å². The summed E-state index contributed by atoms with van der Waals surface area (Å²) in [4.78, 5) is 2.56. The third-order valence-electron chi connectivity index (χ3n) is 3.32. The molecule has 0 aliphatic heterocycles. The first-order chi connectivity index (χ1) is 8.35. The summed E-state index contributed by atoms with van der Waals surface area (Å²) in [7, 11) is 0. The third kappa shape index (κ3) is 3.58. The Morgan fingerprint density at radius 1 is 1.41 bits per heavy atom. The summed E-state index contributed by atoms with van der Waals surface area (Å²) in [6.45, 7) is 8.47. The topological polar surface area (TPSA) is 28.4 Å². The lowest BCUT2D eigenvalue weighted by Crippen LogP contribution is -2.27. The Bertz CT molecular complexity index is 331. The molecule has 1 aromatic heterocycles. The lowest BCUT2D eigenvalue weighted by Gasteiger charge is -2.20. The molecule has 1 aliphatic rings. The molecule has 1 saturated carbocycles. The predicted octanol–water partition coefficient (Wildman–Crippen LogP) is 2.76. The summed E-state index contributed by atoms with van der Waals surface area (Å²) in [5, 5.41) is 3.36. The molecular formula is C14H24N2O. The van der Waals surface area contributed by atoms with Gasteiger partial charge in [-0.15, -0.1) is 0 Å². The summed E-state index contributed by atoms with van der Waals surface area (Å²) >= 11 is 0. The first-order valence-electron chi connectivity index (χ1n) is 6.85. The quantitative estimate of drug-likeness (QED) is 0.752. The maximum absolute atomic E-state index is 5.63. The van der Waals surface area contributed by atoms with E-state index in [9.17, 15) is 0 Å². The number of nitrogens with zero attached hydrogens (tertiary/aromatic N) is 1. The Morgan fingerprint density at radius 3 is 2.88 bits per heavy atom. The highest BCUT2D eigenvalue weighted by Crippen LogP contribution is 2.29. The van der Waals surface area contributed by atoms with Crippen LogP contribution in [0, 0.1) is 0 Å². The number of furan rings is 1. The van der Waals surface area contributed by atoms with Gasteiger partial charge in [0.15, 0.2) is 0 Å². The molecule has 1 fully saturated rings. The van der Waals surface area contributed by atoms with Gasteiger partial charge in [0, 0.05) is 18.2 Å². The normalized spacial score (nSPS) is 15.7. The Hall–Kier alpha value is -0.800. The first-order valence-corrected chi connectivity index (χ1v) is 6.85. The van der Waals surface area contributed by atoms with Crippen molar-refractivity contribution >= 4 is 0 Å². The fraction of sp³-hybridized carbons (Fsp3) is 0.714. The van der Waals surface area contributed by atoms with E-state index in [1.165, 1.54) is 31.4 Å². The fourth-order valence-corrected chi connectivity index (χ4v) is 2.22. The van der Waals surface area contributed by atoms with E-state index in [-0.39, 0.29) is 0 Å².